The summed E-state index contributed by atoms with van der Waals surface area (Å²) < 4.78 is 5.24. The number of nitrogens with one attached hydrogen (secondary N) is 1. The summed E-state index contributed by atoms with van der Waals surface area (Å²) in [5.74, 6) is 0.412. The monoisotopic (exact) mass is 434 g/mol. The minimum absolute atomic E-state index is 0. The van der Waals surface area contributed by atoms with Gasteiger partial charge in [0.1, 0.15) is 0 Å². The molecule has 0 fully saturated rings. The van der Waals surface area contributed by atoms with Crippen LogP contribution in [0.1, 0.15) is 29.3 Å². The van der Waals surface area contributed by atoms with Crippen LogP contribution in [0.4, 0.5) is 0 Å². The smallest absolute Gasteiger partial charge is 0.253 e. The highest BCUT2D eigenvalue weighted by molar-refractivity contribution is 14.0. The predicted octanol–water partition coefficient (Wildman–Crippen LogP) is 1.84. The minimum Gasteiger partial charge on any atom is -0.382 e. The van der Waals surface area contributed by atoms with E-state index in [0.29, 0.717) is 18.1 Å². The minimum atomic E-state index is -0.00877. The largest absolute Gasteiger partial charge is 0.382 e. The van der Waals surface area contributed by atoms with Crippen LogP contribution in [0.2, 0.25) is 0 Å². The van der Waals surface area contributed by atoms with Gasteiger partial charge in [-0.1, -0.05) is 12.1 Å². The Morgan fingerprint density at radius 1 is 1.30 bits per heavy atom. The van der Waals surface area contributed by atoms with Crippen LogP contribution >= 0.6 is 24.0 Å². The van der Waals surface area contributed by atoms with Crippen molar-refractivity contribution in [2.75, 3.05) is 33.9 Å². The molecule has 1 rings (SSSR count). The SMILES string of the molecule is CCOCCCNC(N)=NCc1ccc(C(=O)N(C)C)cc1.I. The zero-order valence-corrected chi connectivity index (χ0v) is 16.4. The molecule has 0 aliphatic rings. The van der Waals surface area contributed by atoms with Crippen molar-refractivity contribution in [1.29, 1.82) is 0 Å². The second-order valence-electron chi connectivity index (χ2n) is 5.08. The van der Waals surface area contributed by atoms with E-state index >= 15 is 0 Å². The summed E-state index contributed by atoms with van der Waals surface area (Å²) in [6.45, 7) is 4.65. The first-order chi connectivity index (χ1) is 10.5. The molecule has 0 aliphatic heterocycles. The molecule has 1 aromatic carbocycles. The number of aliphatic imine (C=N–C) groups is 1. The first-order valence-corrected chi connectivity index (χ1v) is 7.46. The van der Waals surface area contributed by atoms with E-state index in [-0.39, 0.29) is 29.9 Å². The lowest BCUT2D eigenvalue weighted by Crippen LogP contribution is -2.32. The highest BCUT2D eigenvalue weighted by atomic mass is 127. The molecule has 130 valence electrons. The van der Waals surface area contributed by atoms with Gasteiger partial charge in [0, 0.05) is 39.4 Å². The Kier molecular flexibility index (Phi) is 11.4. The highest BCUT2D eigenvalue weighted by Gasteiger charge is 2.06. The van der Waals surface area contributed by atoms with E-state index in [0.717, 1.165) is 31.7 Å². The molecular formula is C16H27IN4O2. The third kappa shape index (κ3) is 8.75. The van der Waals surface area contributed by atoms with Crippen molar-refractivity contribution in [2.24, 2.45) is 10.7 Å². The van der Waals surface area contributed by atoms with Crippen LogP contribution in [0.3, 0.4) is 0 Å². The van der Waals surface area contributed by atoms with E-state index in [2.05, 4.69) is 10.3 Å². The summed E-state index contributed by atoms with van der Waals surface area (Å²) in [6.07, 6.45) is 0.894. The molecule has 0 bridgehead atoms. The Labute approximate surface area is 155 Å². The lowest BCUT2D eigenvalue weighted by molar-refractivity contribution is 0.0827. The maximum Gasteiger partial charge on any atom is 0.253 e. The van der Waals surface area contributed by atoms with E-state index in [1.54, 1.807) is 31.1 Å². The molecule has 6 nitrogen and oxygen atoms in total. The molecule has 0 aliphatic carbocycles. The van der Waals surface area contributed by atoms with Gasteiger partial charge < -0.3 is 20.7 Å². The molecule has 1 aromatic rings. The van der Waals surface area contributed by atoms with Gasteiger partial charge in [-0.3, -0.25) is 4.79 Å². The van der Waals surface area contributed by atoms with Crippen LogP contribution in [-0.4, -0.2) is 50.6 Å². The standard InChI is InChI=1S/C16H26N4O2.HI/c1-4-22-11-5-10-18-16(17)19-12-13-6-8-14(9-7-13)15(21)20(2)3;/h6-9H,4-5,10-12H2,1-3H3,(H3,17,18,19);1H. The van der Waals surface area contributed by atoms with Gasteiger partial charge in [-0.05, 0) is 31.0 Å². The average Bonchev–Trinajstić information content (AvgIpc) is 2.52. The van der Waals surface area contributed by atoms with Gasteiger partial charge in [0.2, 0.25) is 0 Å². The summed E-state index contributed by atoms with van der Waals surface area (Å²) in [4.78, 5) is 17.6. The number of guanidine groups is 1. The van der Waals surface area contributed by atoms with Crippen molar-refractivity contribution in [3.63, 3.8) is 0 Å². The van der Waals surface area contributed by atoms with E-state index in [4.69, 9.17) is 10.5 Å². The first-order valence-electron chi connectivity index (χ1n) is 7.46. The fourth-order valence-electron chi connectivity index (χ4n) is 1.78. The number of halogens is 1. The Morgan fingerprint density at radius 3 is 2.52 bits per heavy atom. The molecular weight excluding hydrogens is 407 g/mol. The lowest BCUT2D eigenvalue weighted by Gasteiger charge is -2.10. The number of carbonyl (C=O) groups excluding carboxylic acids is 1. The fourth-order valence-corrected chi connectivity index (χ4v) is 1.78. The van der Waals surface area contributed by atoms with Crippen LogP contribution in [0.15, 0.2) is 29.3 Å². The van der Waals surface area contributed by atoms with Crippen LogP contribution in [0.5, 0.6) is 0 Å². The summed E-state index contributed by atoms with van der Waals surface area (Å²) in [5.41, 5.74) is 7.47. The zero-order chi connectivity index (χ0) is 16.4. The van der Waals surface area contributed by atoms with Gasteiger partial charge in [-0.25, -0.2) is 4.99 Å². The van der Waals surface area contributed by atoms with Crippen molar-refractivity contribution < 1.29 is 9.53 Å². The zero-order valence-electron chi connectivity index (χ0n) is 14.0. The molecule has 7 heteroatoms. The molecule has 1 amide bonds. The third-order valence-electron chi connectivity index (χ3n) is 3.01. The Morgan fingerprint density at radius 2 is 1.96 bits per heavy atom. The number of hydrogen-bond donors (Lipinski definition) is 2. The van der Waals surface area contributed by atoms with Gasteiger partial charge in [-0.2, -0.15) is 0 Å². The molecule has 0 saturated carbocycles. The highest BCUT2D eigenvalue weighted by Crippen LogP contribution is 2.07. The van der Waals surface area contributed by atoms with E-state index < -0.39 is 0 Å². The van der Waals surface area contributed by atoms with Crippen LogP contribution < -0.4 is 11.1 Å². The number of carbonyl (C=O) groups is 1. The molecule has 0 unspecified atom stereocenters. The summed E-state index contributed by atoms with van der Waals surface area (Å²) in [6, 6.07) is 7.39. The summed E-state index contributed by atoms with van der Waals surface area (Å²) >= 11 is 0. The molecule has 0 spiro atoms. The number of nitrogens with zero attached hydrogens (tertiary/aromatic N) is 2. The Bertz CT molecular complexity index is 489. The predicted molar refractivity (Wildman–Crippen MR) is 104 cm³/mol. The normalized spacial score (nSPS) is 10.8. The van der Waals surface area contributed by atoms with Crippen molar-refractivity contribution in [2.45, 2.75) is 19.9 Å². The van der Waals surface area contributed by atoms with Crippen LogP contribution in [0, 0.1) is 0 Å². The number of ether oxygens (including phenoxy) is 1. The quantitative estimate of drug-likeness (QED) is 0.283. The molecule has 23 heavy (non-hydrogen) atoms. The van der Waals surface area contributed by atoms with Crippen molar-refractivity contribution in [3.8, 4) is 0 Å². The van der Waals surface area contributed by atoms with Crippen molar-refractivity contribution in [3.05, 3.63) is 35.4 Å². The topological polar surface area (TPSA) is 80.0 Å². The molecule has 0 radical (unpaired) electrons. The summed E-state index contributed by atoms with van der Waals surface area (Å²) in [5, 5.41) is 3.04. The molecule has 0 aromatic heterocycles. The first kappa shape index (κ1) is 21.6. The van der Waals surface area contributed by atoms with Crippen molar-refractivity contribution in [1.82, 2.24) is 10.2 Å². The molecule has 3 N–H and O–H groups in total. The fraction of sp³-hybridized carbons (Fsp3) is 0.500. The van der Waals surface area contributed by atoms with Crippen molar-refractivity contribution >= 4 is 35.8 Å². The lowest BCUT2D eigenvalue weighted by atomic mass is 10.1. The summed E-state index contributed by atoms with van der Waals surface area (Å²) in [7, 11) is 3.47. The van der Waals surface area contributed by atoms with Gasteiger partial charge in [0.05, 0.1) is 6.54 Å². The third-order valence-corrected chi connectivity index (χ3v) is 3.01. The average molecular weight is 434 g/mol. The van der Waals surface area contributed by atoms with E-state index in [1.165, 1.54) is 0 Å². The maximum absolute atomic E-state index is 11.8. The van der Waals surface area contributed by atoms with Gasteiger partial charge in [-0.15, -0.1) is 24.0 Å². The number of rotatable bonds is 8. The molecule has 0 heterocycles. The number of hydrogen-bond acceptors (Lipinski definition) is 3. The van der Waals surface area contributed by atoms with E-state index in [1.807, 2.05) is 19.1 Å². The maximum atomic E-state index is 11.8. The Hall–Kier alpha value is -1.35. The second kappa shape index (κ2) is 12.1. The van der Waals surface area contributed by atoms with Gasteiger partial charge in [0.15, 0.2) is 5.96 Å². The van der Waals surface area contributed by atoms with Gasteiger partial charge in [0.25, 0.3) is 5.91 Å². The molecule has 0 atom stereocenters. The Balaban J connectivity index is 0.00000484. The number of nitrogens with two attached hydrogens (primary N) is 1. The number of benzene rings is 1. The number of amides is 1. The molecule has 0 saturated heterocycles. The van der Waals surface area contributed by atoms with Crippen LogP contribution in [-0.2, 0) is 11.3 Å². The van der Waals surface area contributed by atoms with E-state index in [9.17, 15) is 4.79 Å². The van der Waals surface area contributed by atoms with Gasteiger partial charge >= 0.3 is 0 Å². The second-order valence-corrected chi connectivity index (χ2v) is 5.08. The van der Waals surface area contributed by atoms with Crippen LogP contribution in [0.25, 0.3) is 0 Å².